The van der Waals surface area contributed by atoms with Crippen molar-refractivity contribution in [3.05, 3.63) is 67.3 Å². The van der Waals surface area contributed by atoms with Crippen molar-refractivity contribution in [3.63, 3.8) is 0 Å². The molecule has 5 aromatic rings. The van der Waals surface area contributed by atoms with Crippen LogP contribution in [0.3, 0.4) is 0 Å². The molecule has 0 radical (unpaired) electrons. The molecule has 0 saturated carbocycles. The number of aromatic nitrogens is 3. The number of benzene rings is 1. The summed E-state index contributed by atoms with van der Waals surface area (Å²) < 4.78 is 2.49. The summed E-state index contributed by atoms with van der Waals surface area (Å²) in [6, 6.07) is 14.6. The highest BCUT2D eigenvalue weighted by atomic mass is 32.1. The Bertz CT molecular complexity index is 1170. The van der Waals surface area contributed by atoms with Gasteiger partial charge in [-0.15, -0.1) is 11.3 Å². The predicted octanol–water partition coefficient (Wildman–Crippen LogP) is 5.06. The molecule has 5 rings (SSSR count). The average Bonchev–Trinajstić information content (AvgIpc) is 2.99. The Morgan fingerprint density at radius 1 is 0.739 bits per heavy atom. The Morgan fingerprint density at radius 2 is 1.70 bits per heavy atom. The third-order valence-corrected chi connectivity index (χ3v) is 5.19. The topological polar surface area (TPSA) is 38.7 Å². The lowest BCUT2D eigenvalue weighted by Crippen LogP contribution is -1.89. The highest BCUT2D eigenvalue weighted by Gasteiger charge is 2.10. The molecule has 4 aromatic heterocycles. The van der Waals surface area contributed by atoms with Crippen LogP contribution in [-0.4, -0.2) is 15.0 Å². The summed E-state index contributed by atoms with van der Waals surface area (Å²) in [4.78, 5) is 13.4. The van der Waals surface area contributed by atoms with Gasteiger partial charge in [-0.25, -0.2) is 0 Å². The van der Waals surface area contributed by atoms with Crippen LogP contribution in [0.5, 0.6) is 0 Å². The molecular formula is C19H11N3S. The van der Waals surface area contributed by atoms with E-state index in [4.69, 9.17) is 0 Å². The van der Waals surface area contributed by atoms with Crippen LogP contribution in [0, 0.1) is 0 Å². The van der Waals surface area contributed by atoms with Crippen molar-refractivity contribution in [1.82, 2.24) is 15.0 Å². The van der Waals surface area contributed by atoms with Crippen molar-refractivity contribution in [2.24, 2.45) is 0 Å². The minimum absolute atomic E-state index is 0.901. The van der Waals surface area contributed by atoms with E-state index in [2.05, 4.69) is 45.3 Å². The Labute approximate surface area is 136 Å². The molecule has 0 saturated heterocycles. The molecule has 0 atom stereocenters. The van der Waals surface area contributed by atoms with Crippen LogP contribution in [0.4, 0.5) is 0 Å². The second kappa shape index (κ2) is 4.83. The van der Waals surface area contributed by atoms with E-state index >= 15 is 0 Å². The van der Waals surface area contributed by atoms with E-state index in [9.17, 15) is 0 Å². The number of fused-ring (bicyclic) bond motifs is 4. The third kappa shape index (κ3) is 1.92. The second-order valence-corrected chi connectivity index (χ2v) is 6.50. The lowest BCUT2D eigenvalue weighted by atomic mass is 10.1. The summed E-state index contributed by atoms with van der Waals surface area (Å²) in [5.74, 6) is 0. The molecule has 0 bridgehead atoms. The van der Waals surface area contributed by atoms with Crippen molar-refractivity contribution >= 4 is 42.3 Å². The highest BCUT2D eigenvalue weighted by Crippen LogP contribution is 2.35. The minimum Gasteiger partial charge on any atom is -0.264 e. The average molecular weight is 313 g/mol. The number of hydrogen-bond donors (Lipinski definition) is 0. The monoisotopic (exact) mass is 313 g/mol. The largest absolute Gasteiger partial charge is 0.264 e. The van der Waals surface area contributed by atoms with E-state index in [0.29, 0.717) is 0 Å². The highest BCUT2D eigenvalue weighted by molar-refractivity contribution is 7.25. The van der Waals surface area contributed by atoms with Crippen molar-refractivity contribution in [2.75, 3.05) is 0 Å². The van der Waals surface area contributed by atoms with Gasteiger partial charge in [-0.05, 0) is 24.3 Å². The Morgan fingerprint density at radius 3 is 2.70 bits per heavy atom. The van der Waals surface area contributed by atoms with E-state index in [1.165, 1.54) is 20.2 Å². The number of rotatable bonds is 1. The first kappa shape index (κ1) is 12.7. The SMILES string of the molecule is c1ccc2c(c1)sc1cnc(-c3nccc4cnccc34)cc12. The smallest absolute Gasteiger partial charge is 0.0965 e. The van der Waals surface area contributed by atoms with Crippen LogP contribution in [0.2, 0.25) is 0 Å². The van der Waals surface area contributed by atoms with Crippen molar-refractivity contribution in [1.29, 1.82) is 0 Å². The number of nitrogens with zero attached hydrogens (tertiary/aromatic N) is 3. The summed E-state index contributed by atoms with van der Waals surface area (Å²) in [5.41, 5.74) is 1.81. The summed E-state index contributed by atoms with van der Waals surface area (Å²) in [5, 5.41) is 4.67. The van der Waals surface area contributed by atoms with Gasteiger partial charge < -0.3 is 0 Å². The molecule has 1 aromatic carbocycles. The van der Waals surface area contributed by atoms with Crippen molar-refractivity contribution < 1.29 is 0 Å². The summed E-state index contributed by atoms with van der Waals surface area (Å²) >= 11 is 1.78. The molecule has 3 nitrogen and oxygen atoms in total. The lowest BCUT2D eigenvalue weighted by molar-refractivity contribution is 1.27. The molecule has 108 valence electrons. The van der Waals surface area contributed by atoms with Crippen LogP contribution in [0.1, 0.15) is 0 Å². The first-order valence-corrected chi connectivity index (χ1v) is 8.18. The van der Waals surface area contributed by atoms with Crippen LogP contribution >= 0.6 is 11.3 Å². The van der Waals surface area contributed by atoms with Crippen molar-refractivity contribution in [3.8, 4) is 11.4 Å². The fourth-order valence-corrected chi connectivity index (χ4v) is 4.04. The van der Waals surface area contributed by atoms with Gasteiger partial charge in [0.1, 0.15) is 0 Å². The van der Waals surface area contributed by atoms with Gasteiger partial charge in [0.15, 0.2) is 0 Å². The molecule has 0 amide bonds. The molecule has 0 N–H and O–H groups in total. The zero-order valence-corrected chi connectivity index (χ0v) is 12.9. The molecule has 23 heavy (non-hydrogen) atoms. The molecule has 0 aliphatic carbocycles. The summed E-state index contributed by atoms with van der Waals surface area (Å²) in [6.07, 6.45) is 7.43. The fourth-order valence-electron chi connectivity index (χ4n) is 2.98. The van der Waals surface area contributed by atoms with E-state index < -0.39 is 0 Å². The van der Waals surface area contributed by atoms with Gasteiger partial charge in [0.25, 0.3) is 0 Å². The molecule has 4 heteroatoms. The summed E-state index contributed by atoms with van der Waals surface area (Å²) in [7, 11) is 0. The van der Waals surface area contributed by atoms with Gasteiger partial charge in [0.05, 0.1) is 16.1 Å². The van der Waals surface area contributed by atoms with E-state index in [1.54, 1.807) is 17.5 Å². The van der Waals surface area contributed by atoms with Crippen LogP contribution in [0.25, 0.3) is 42.3 Å². The summed E-state index contributed by atoms with van der Waals surface area (Å²) in [6.45, 7) is 0. The molecule has 4 heterocycles. The van der Waals surface area contributed by atoms with E-state index in [-0.39, 0.29) is 0 Å². The number of pyridine rings is 3. The second-order valence-electron chi connectivity index (χ2n) is 5.42. The maximum atomic E-state index is 4.65. The normalized spacial score (nSPS) is 11.5. The lowest BCUT2D eigenvalue weighted by Gasteiger charge is -2.04. The quantitative estimate of drug-likeness (QED) is 0.434. The Kier molecular flexibility index (Phi) is 2.66. The zero-order chi connectivity index (χ0) is 15.2. The standard InChI is InChI=1S/C19H11N3S/c1-2-4-17-14(3-1)15-9-16(22-11-18(15)23-17)19-13-6-7-20-10-12(13)5-8-21-19/h1-11H. The van der Waals surface area contributed by atoms with Gasteiger partial charge in [0, 0.05) is 51.0 Å². The maximum absolute atomic E-state index is 4.65. The molecule has 0 unspecified atom stereocenters. The van der Waals surface area contributed by atoms with E-state index in [1.807, 2.05) is 30.7 Å². The molecule has 0 fully saturated rings. The van der Waals surface area contributed by atoms with Crippen LogP contribution < -0.4 is 0 Å². The Hall–Kier alpha value is -2.85. The van der Waals surface area contributed by atoms with Crippen LogP contribution in [0.15, 0.2) is 67.3 Å². The van der Waals surface area contributed by atoms with Crippen LogP contribution in [-0.2, 0) is 0 Å². The molecule has 0 aliphatic rings. The molecular weight excluding hydrogens is 302 g/mol. The minimum atomic E-state index is 0.901. The zero-order valence-electron chi connectivity index (χ0n) is 12.1. The first-order chi connectivity index (χ1) is 11.4. The third-order valence-electron chi connectivity index (χ3n) is 4.07. The fraction of sp³-hybridized carbons (Fsp3) is 0. The Balaban J connectivity index is 1.84. The predicted molar refractivity (Wildman–Crippen MR) is 95.7 cm³/mol. The molecule has 0 aliphatic heterocycles. The van der Waals surface area contributed by atoms with Gasteiger partial charge in [-0.2, -0.15) is 0 Å². The van der Waals surface area contributed by atoms with Gasteiger partial charge >= 0.3 is 0 Å². The number of thiophene rings is 1. The number of hydrogen-bond acceptors (Lipinski definition) is 4. The van der Waals surface area contributed by atoms with Gasteiger partial charge in [-0.1, -0.05) is 18.2 Å². The van der Waals surface area contributed by atoms with Crippen molar-refractivity contribution in [2.45, 2.75) is 0 Å². The van der Waals surface area contributed by atoms with Gasteiger partial charge in [0.2, 0.25) is 0 Å². The maximum Gasteiger partial charge on any atom is 0.0965 e. The van der Waals surface area contributed by atoms with Gasteiger partial charge in [-0.3, -0.25) is 15.0 Å². The molecule has 0 spiro atoms. The van der Waals surface area contributed by atoms with E-state index in [0.717, 1.165) is 22.2 Å². The first-order valence-electron chi connectivity index (χ1n) is 7.36.